The van der Waals surface area contributed by atoms with Crippen LogP contribution in [0.4, 0.5) is 5.69 Å². The Kier molecular flexibility index (Phi) is 4.29. The van der Waals surface area contributed by atoms with Crippen LogP contribution < -0.4 is 0 Å². The van der Waals surface area contributed by atoms with Gasteiger partial charge in [-0.2, -0.15) is 0 Å². The number of nitrogens with zero attached hydrogens (tertiary/aromatic N) is 1. The van der Waals surface area contributed by atoms with Gasteiger partial charge >= 0.3 is 0 Å². The Morgan fingerprint density at radius 2 is 1.63 bits per heavy atom. The van der Waals surface area contributed by atoms with E-state index in [9.17, 15) is 14.3 Å². The summed E-state index contributed by atoms with van der Waals surface area (Å²) in [5.74, 6) is 0.319. The molecular weight excluding hydrogens is 286 g/mol. The minimum absolute atomic E-state index is 0.0287. The van der Waals surface area contributed by atoms with Crippen molar-refractivity contribution in [3.8, 4) is 0 Å². The molecular formula is C13H10ClNO3S. The van der Waals surface area contributed by atoms with Crippen molar-refractivity contribution in [2.45, 2.75) is 10.6 Å². The van der Waals surface area contributed by atoms with E-state index in [0.717, 1.165) is 5.56 Å². The van der Waals surface area contributed by atoms with E-state index < -0.39 is 15.7 Å². The zero-order chi connectivity index (χ0) is 13.8. The summed E-state index contributed by atoms with van der Waals surface area (Å²) in [6.45, 7) is 0. The summed E-state index contributed by atoms with van der Waals surface area (Å²) < 4.78 is 12.1. The van der Waals surface area contributed by atoms with Crippen LogP contribution in [0, 0.1) is 10.1 Å². The van der Waals surface area contributed by atoms with E-state index in [1.165, 1.54) is 12.1 Å². The number of nitro groups is 1. The first-order valence-corrected chi connectivity index (χ1v) is 7.13. The molecule has 2 aromatic carbocycles. The van der Waals surface area contributed by atoms with Crippen molar-refractivity contribution in [2.24, 2.45) is 0 Å². The molecule has 98 valence electrons. The summed E-state index contributed by atoms with van der Waals surface area (Å²) in [5, 5.41) is 11.1. The minimum atomic E-state index is -1.19. The Morgan fingerprint density at radius 3 is 2.16 bits per heavy atom. The molecule has 0 heterocycles. The van der Waals surface area contributed by atoms with Gasteiger partial charge in [0.1, 0.15) is 0 Å². The Morgan fingerprint density at radius 1 is 1.05 bits per heavy atom. The highest BCUT2D eigenvalue weighted by molar-refractivity contribution is 7.84. The van der Waals surface area contributed by atoms with Crippen molar-refractivity contribution in [3.63, 3.8) is 0 Å². The number of rotatable bonds is 4. The third-order valence-electron chi connectivity index (χ3n) is 2.52. The van der Waals surface area contributed by atoms with Gasteiger partial charge in [-0.25, -0.2) is 0 Å². The van der Waals surface area contributed by atoms with Crippen LogP contribution >= 0.6 is 11.6 Å². The Labute approximate surface area is 117 Å². The smallest absolute Gasteiger partial charge is 0.258 e. The molecule has 4 nitrogen and oxygen atoms in total. The molecule has 19 heavy (non-hydrogen) atoms. The summed E-state index contributed by atoms with van der Waals surface area (Å²) in [7, 11) is -1.19. The van der Waals surface area contributed by atoms with E-state index in [1.807, 2.05) is 0 Å². The van der Waals surface area contributed by atoms with Crippen molar-refractivity contribution in [1.82, 2.24) is 0 Å². The normalized spacial score (nSPS) is 12.1. The van der Waals surface area contributed by atoms with Crippen molar-refractivity contribution < 1.29 is 9.13 Å². The monoisotopic (exact) mass is 295 g/mol. The lowest BCUT2D eigenvalue weighted by molar-refractivity contribution is -0.384. The average Bonchev–Trinajstić information content (AvgIpc) is 2.40. The molecule has 0 aromatic heterocycles. The van der Waals surface area contributed by atoms with E-state index in [-0.39, 0.29) is 5.69 Å². The Hall–Kier alpha value is -1.72. The molecule has 2 rings (SSSR count). The molecule has 0 fully saturated rings. The predicted octanol–water partition coefficient (Wildman–Crippen LogP) is 3.56. The first-order valence-electron chi connectivity index (χ1n) is 5.43. The second-order valence-electron chi connectivity index (χ2n) is 3.87. The van der Waals surface area contributed by atoms with Crippen LogP contribution in [0.15, 0.2) is 53.4 Å². The van der Waals surface area contributed by atoms with Gasteiger partial charge < -0.3 is 0 Å². The number of nitro benzene ring substituents is 1. The lowest BCUT2D eigenvalue weighted by Crippen LogP contribution is -1.96. The number of halogens is 1. The van der Waals surface area contributed by atoms with Gasteiger partial charge in [-0.05, 0) is 29.8 Å². The fourth-order valence-electron chi connectivity index (χ4n) is 1.53. The molecule has 0 bridgehead atoms. The van der Waals surface area contributed by atoms with E-state index in [2.05, 4.69) is 0 Å². The topological polar surface area (TPSA) is 60.2 Å². The Bertz CT molecular complexity index is 611. The summed E-state index contributed by atoms with van der Waals surface area (Å²) >= 11 is 5.76. The van der Waals surface area contributed by atoms with Crippen LogP contribution in [0.1, 0.15) is 5.56 Å². The van der Waals surface area contributed by atoms with E-state index in [0.29, 0.717) is 15.7 Å². The molecule has 0 spiro atoms. The molecule has 0 aliphatic carbocycles. The van der Waals surface area contributed by atoms with Crippen LogP contribution in [0.3, 0.4) is 0 Å². The van der Waals surface area contributed by atoms with E-state index in [4.69, 9.17) is 11.6 Å². The second-order valence-corrected chi connectivity index (χ2v) is 5.75. The van der Waals surface area contributed by atoms with Gasteiger partial charge in [0.25, 0.3) is 5.69 Å². The van der Waals surface area contributed by atoms with Crippen LogP contribution in [-0.2, 0) is 16.6 Å². The molecule has 1 unspecified atom stereocenters. The molecule has 6 heteroatoms. The lowest BCUT2D eigenvalue weighted by Gasteiger charge is -2.03. The SMILES string of the molecule is O=[N+]([O-])c1ccc(CS(=O)c2ccc(Cl)cc2)cc1. The van der Waals surface area contributed by atoms with Crippen molar-refractivity contribution in [2.75, 3.05) is 0 Å². The molecule has 1 atom stereocenters. The quantitative estimate of drug-likeness (QED) is 0.640. The summed E-state index contributed by atoms with van der Waals surface area (Å²) in [4.78, 5) is 10.7. The maximum atomic E-state index is 12.1. The van der Waals surface area contributed by atoms with Gasteiger partial charge in [0.2, 0.25) is 0 Å². The van der Waals surface area contributed by atoms with Gasteiger partial charge in [0.05, 0.1) is 21.5 Å². The highest BCUT2D eigenvalue weighted by Crippen LogP contribution is 2.17. The molecule has 0 saturated heterocycles. The van der Waals surface area contributed by atoms with Crippen LogP contribution in [0.5, 0.6) is 0 Å². The first-order chi connectivity index (χ1) is 9.06. The molecule has 0 N–H and O–H groups in total. The standard InChI is InChI=1S/C13H10ClNO3S/c14-11-3-7-13(8-4-11)19(18)9-10-1-5-12(6-2-10)15(16)17/h1-8H,9H2. The van der Waals surface area contributed by atoms with Gasteiger partial charge in [0, 0.05) is 22.1 Å². The predicted molar refractivity (Wildman–Crippen MR) is 74.7 cm³/mol. The van der Waals surface area contributed by atoms with E-state index >= 15 is 0 Å². The highest BCUT2D eigenvalue weighted by atomic mass is 35.5. The lowest BCUT2D eigenvalue weighted by atomic mass is 10.2. The molecule has 0 aliphatic heterocycles. The fourth-order valence-corrected chi connectivity index (χ4v) is 2.76. The van der Waals surface area contributed by atoms with Crippen LogP contribution in [-0.4, -0.2) is 9.13 Å². The molecule has 2 aromatic rings. The number of hydrogen-bond donors (Lipinski definition) is 0. The summed E-state index contributed by atoms with van der Waals surface area (Å²) in [6, 6.07) is 12.9. The number of non-ortho nitro benzene ring substituents is 1. The van der Waals surface area contributed by atoms with Gasteiger partial charge in [-0.15, -0.1) is 0 Å². The molecule has 0 saturated carbocycles. The average molecular weight is 296 g/mol. The van der Waals surface area contributed by atoms with Gasteiger partial charge in [0.15, 0.2) is 0 Å². The second kappa shape index (κ2) is 5.95. The Balaban J connectivity index is 2.10. The van der Waals surface area contributed by atoms with Crippen LogP contribution in [0.2, 0.25) is 5.02 Å². The summed E-state index contributed by atoms with van der Waals surface area (Å²) in [6.07, 6.45) is 0. The van der Waals surface area contributed by atoms with E-state index in [1.54, 1.807) is 36.4 Å². The third kappa shape index (κ3) is 3.62. The minimum Gasteiger partial charge on any atom is -0.258 e. The molecule has 0 aliphatic rings. The zero-order valence-corrected chi connectivity index (χ0v) is 11.4. The van der Waals surface area contributed by atoms with Crippen molar-refractivity contribution in [1.29, 1.82) is 0 Å². The maximum absolute atomic E-state index is 12.1. The van der Waals surface area contributed by atoms with Crippen LogP contribution in [0.25, 0.3) is 0 Å². The van der Waals surface area contributed by atoms with Crippen molar-refractivity contribution >= 4 is 28.1 Å². The third-order valence-corrected chi connectivity index (χ3v) is 4.17. The fraction of sp³-hybridized carbons (Fsp3) is 0.0769. The van der Waals surface area contributed by atoms with Gasteiger partial charge in [-0.1, -0.05) is 23.7 Å². The number of benzene rings is 2. The zero-order valence-electron chi connectivity index (χ0n) is 9.78. The summed E-state index contributed by atoms with van der Waals surface area (Å²) in [5.41, 5.74) is 0.819. The largest absolute Gasteiger partial charge is 0.269 e. The number of hydrogen-bond acceptors (Lipinski definition) is 3. The van der Waals surface area contributed by atoms with Crippen molar-refractivity contribution in [3.05, 3.63) is 69.2 Å². The molecule has 0 amide bonds. The van der Waals surface area contributed by atoms with Gasteiger partial charge in [-0.3, -0.25) is 14.3 Å². The maximum Gasteiger partial charge on any atom is 0.269 e. The highest BCUT2D eigenvalue weighted by Gasteiger charge is 2.08. The molecule has 0 radical (unpaired) electrons. The first kappa shape index (κ1) is 13.7.